The fourth-order valence-corrected chi connectivity index (χ4v) is 3.99. The number of esters is 1. The van der Waals surface area contributed by atoms with Gasteiger partial charge in [0, 0.05) is 22.9 Å². The van der Waals surface area contributed by atoms with E-state index in [0.717, 1.165) is 35.1 Å². The summed E-state index contributed by atoms with van der Waals surface area (Å²) in [6.07, 6.45) is 4.04. The van der Waals surface area contributed by atoms with Gasteiger partial charge in [-0.15, -0.1) is 0 Å². The highest BCUT2D eigenvalue weighted by atomic mass is 19.1. The third-order valence-electron chi connectivity index (χ3n) is 5.88. The molecular formula is C29H29FN2O5. The fraction of sp³-hybridized carbons (Fsp3) is 0.276. The number of aromatic nitrogens is 2. The lowest BCUT2D eigenvalue weighted by Crippen LogP contribution is -2.12. The Morgan fingerprint density at radius 2 is 1.70 bits per heavy atom. The Kier molecular flexibility index (Phi) is 8.51. The van der Waals surface area contributed by atoms with Gasteiger partial charge in [0.05, 0.1) is 32.0 Å². The lowest BCUT2D eigenvalue weighted by Gasteiger charge is -2.13. The minimum Gasteiger partial charge on any atom is -0.493 e. The number of ketones is 1. The van der Waals surface area contributed by atoms with Gasteiger partial charge in [-0.05, 0) is 72.6 Å². The van der Waals surface area contributed by atoms with E-state index in [1.54, 1.807) is 16.9 Å². The number of carbonyl (C=O) groups is 2. The van der Waals surface area contributed by atoms with Crippen LogP contribution in [0.5, 0.6) is 11.5 Å². The summed E-state index contributed by atoms with van der Waals surface area (Å²) in [7, 11) is 1.35. The molecule has 0 aliphatic heterocycles. The molecule has 1 aromatic heterocycles. The van der Waals surface area contributed by atoms with Crippen molar-refractivity contribution < 1.29 is 28.2 Å². The smallest absolute Gasteiger partial charge is 0.327 e. The Morgan fingerprint density at radius 1 is 0.946 bits per heavy atom. The lowest BCUT2D eigenvalue weighted by molar-refractivity contribution is -0.141. The van der Waals surface area contributed by atoms with E-state index in [-0.39, 0.29) is 24.1 Å². The first-order valence-electron chi connectivity index (χ1n) is 12.2. The second-order valence-corrected chi connectivity index (χ2v) is 8.56. The number of hydrogen-bond donors (Lipinski definition) is 0. The molecule has 192 valence electrons. The largest absolute Gasteiger partial charge is 0.493 e. The zero-order valence-corrected chi connectivity index (χ0v) is 20.9. The van der Waals surface area contributed by atoms with Crippen LogP contribution in [-0.2, 0) is 22.5 Å². The molecule has 0 spiro atoms. The third-order valence-corrected chi connectivity index (χ3v) is 5.88. The van der Waals surface area contributed by atoms with Crippen LogP contribution in [0.25, 0.3) is 10.9 Å². The van der Waals surface area contributed by atoms with Crippen molar-refractivity contribution in [2.75, 3.05) is 20.3 Å². The maximum Gasteiger partial charge on any atom is 0.327 e. The van der Waals surface area contributed by atoms with Crippen LogP contribution in [-0.4, -0.2) is 41.9 Å². The average Bonchev–Trinajstić information content (AvgIpc) is 3.31. The van der Waals surface area contributed by atoms with Gasteiger partial charge >= 0.3 is 5.97 Å². The standard InChI is InChI=1S/C29H29FN2O5/c1-3-5-21-16-22(29(34)20-6-9-24(30)10-7-20)8-13-27(21)37-15-4-14-36-25-11-12-26-23(17-25)18-31-32(26)19-28(33)35-2/h6-13,16-18H,3-5,14-15,19H2,1-2H3. The second-order valence-electron chi connectivity index (χ2n) is 8.56. The molecule has 0 fully saturated rings. The number of nitrogens with zero attached hydrogens (tertiary/aromatic N) is 2. The molecule has 0 atom stereocenters. The van der Waals surface area contributed by atoms with E-state index in [0.29, 0.717) is 36.5 Å². The van der Waals surface area contributed by atoms with Crippen molar-refractivity contribution in [2.45, 2.75) is 32.7 Å². The Balaban J connectivity index is 1.31. The van der Waals surface area contributed by atoms with Crippen molar-refractivity contribution >= 4 is 22.7 Å². The monoisotopic (exact) mass is 504 g/mol. The van der Waals surface area contributed by atoms with Gasteiger partial charge in [0.15, 0.2) is 5.78 Å². The van der Waals surface area contributed by atoms with Gasteiger partial charge in [-0.25, -0.2) is 4.39 Å². The number of aryl methyl sites for hydroxylation is 1. The number of methoxy groups -OCH3 is 1. The SMILES string of the molecule is CCCc1cc(C(=O)c2ccc(F)cc2)ccc1OCCCOc1ccc2c(cnn2CC(=O)OC)c1. The molecule has 4 aromatic rings. The number of carbonyl (C=O) groups excluding carboxylic acids is 2. The van der Waals surface area contributed by atoms with Crippen LogP contribution in [0.2, 0.25) is 0 Å². The van der Waals surface area contributed by atoms with Gasteiger partial charge in [-0.3, -0.25) is 14.3 Å². The van der Waals surface area contributed by atoms with Gasteiger partial charge in [0.2, 0.25) is 0 Å². The number of benzene rings is 3. The summed E-state index contributed by atoms with van der Waals surface area (Å²) in [5.74, 6) is 0.576. The van der Waals surface area contributed by atoms with Crippen LogP contribution in [0.3, 0.4) is 0 Å². The van der Waals surface area contributed by atoms with Crippen LogP contribution in [0, 0.1) is 5.82 Å². The first-order chi connectivity index (χ1) is 18.0. The van der Waals surface area contributed by atoms with Crippen LogP contribution >= 0.6 is 0 Å². The minimum absolute atomic E-state index is 0.0545. The van der Waals surface area contributed by atoms with Gasteiger partial charge < -0.3 is 14.2 Å². The summed E-state index contributed by atoms with van der Waals surface area (Å²) in [5, 5.41) is 5.11. The van der Waals surface area contributed by atoms with E-state index < -0.39 is 0 Å². The molecule has 4 rings (SSSR count). The Labute approximate surface area is 214 Å². The highest BCUT2D eigenvalue weighted by Gasteiger charge is 2.13. The molecule has 0 aliphatic rings. The van der Waals surface area contributed by atoms with Gasteiger partial charge in [0.1, 0.15) is 23.9 Å². The average molecular weight is 505 g/mol. The molecule has 0 saturated carbocycles. The molecule has 0 N–H and O–H groups in total. The number of rotatable bonds is 12. The lowest BCUT2D eigenvalue weighted by atomic mass is 9.99. The van der Waals surface area contributed by atoms with Crippen LogP contribution in [0.4, 0.5) is 4.39 Å². The van der Waals surface area contributed by atoms with Crippen molar-refractivity contribution in [1.82, 2.24) is 9.78 Å². The summed E-state index contributed by atoms with van der Waals surface area (Å²) in [6.45, 7) is 3.05. The molecule has 8 heteroatoms. The van der Waals surface area contributed by atoms with Gasteiger partial charge in [-0.1, -0.05) is 13.3 Å². The molecule has 0 radical (unpaired) electrons. The van der Waals surface area contributed by atoms with Crippen LogP contribution in [0.15, 0.2) is 66.9 Å². The zero-order chi connectivity index (χ0) is 26.2. The molecule has 7 nitrogen and oxygen atoms in total. The van der Waals surface area contributed by atoms with E-state index in [4.69, 9.17) is 14.2 Å². The van der Waals surface area contributed by atoms with E-state index in [1.165, 1.54) is 31.4 Å². The highest BCUT2D eigenvalue weighted by Crippen LogP contribution is 2.24. The summed E-state index contributed by atoms with van der Waals surface area (Å²) < 4.78 is 31.4. The Bertz CT molecular complexity index is 1380. The van der Waals surface area contributed by atoms with Crippen molar-refractivity contribution in [1.29, 1.82) is 0 Å². The molecule has 3 aromatic carbocycles. The van der Waals surface area contributed by atoms with Crippen molar-refractivity contribution in [3.05, 3.63) is 89.4 Å². The number of ether oxygens (including phenoxy) is 3. The van der Waals surface area contributed by atoms with E-state index in [1.807, 2.05) is 30.3 Å². The predicted molar refractivity (Wildman–Crippen MR) is 138 cm³/mol. The van der Waals surface area contributed by atoms with Gasteiger partial charge in [-0.2, -0.15) is 5.10 Å². The molecule has 0 amide bonds. The topological polar surface area (TPSA) is 79.7 Å². The molecule has 1 heterocycles. The maximum absolute atomic E-state index is 13.2. The van der Waals surface area contributed by atoms with Crippen molar-refractivity contribution in [3.8, 4) is 11.5 Å². The molecule has 37 heavy (non-hydrogen) atoms. The first kappa shape index (κ1) is 25.9. The minimum atomic E-state index is -0.372. The Hall–Kier alpha value is -4.20. The Morgan fingerprint density at radius 3 is 2.46 bits per heavy atom. The summed E-state index contributed by atoms with van der Waals surface area (Å²) >= 11 is 0. The van der Waals surface area contributed by atoms with E-state index >= 15 is 0 Å². The summed E-state index contributed by atoms with van der Waals surface area (Å²) in [4.78, 5) is 24.3. The maximum atomic E-state index is 13.2. The predicted octanol–water partition coefficient (Wildman–Crippen LogP) is 5.38. The van der Waals surface area contributed by atoms with Crippen LogP contribution in [0.1, 0.15) is 41.3 Å². The quantitative estimate of drug-likeness (QED) is 0.146. The highest BCUT2D eigenvalue weighted by molar-refractivity contribution is 6.09. The molecule has 0 unspecified atom stereocenters. The fourth-order valence-electron chi connectivity index (χ4n) is 3.99. The van der Waals surface area contributed by atoms with Crippen molar-refractivity contribution in [3.63, 3.8) is 0 Å². The third kappa shape index (κ3) is 6.52. The van der Waals surface area contributed by atoms with Crippen LogP contribution < -0.4 is 9.47 Å². The molecular weight excluding hydrogens is 475 g/mol. The van der Waals surface area contributed by atoms with Gasteiger partial charge in [0.25, 0.3) is 0 Å². The number of fused-ring (bicyclic) bond motifs is 1. The number of hydrogen-bond acceptors (Lipinski definition) is 6. The first-order valence-corrected chi connectivity index (χ1v) is 12.2. The zero-order valence-electron chi connectivity index (χ0n) is 20.9. The van der Waals surface area contributed by atoms with E-state index in [9.17, 15) is 14.0 Å². The number of halogens is 1. The van der Waals surface area contributed by atoms with Crippen molar-refractivity contribution in [2.24, 2.45) is 0 Å². The second kappa shape index (κ2) is 12.2. The molecule has 0 bridgehead atoms. The van der Waals surface area contributed by atoms with E-state index in [2.05, 4.69) is 12.0 Å². The normalized spacial score (nSPS) is 10.9. The molecule has 0 aliphatic carbocycles. The summed E-state index contributed by atoms with van der Waals surface area (Å²) in [6, 6.07) is 16.6. The molecule has 0 saturated heterocycles. The summed E-state index contributed by atoms with van der Waals surface area (Å²) in [5.41, 5.74) is 2.79.